The van der Waals surface area contributed by atoms with Crippen LogP contribution in [0.2, 0.25) is 5.02 Å². The summed E-state index contributed by atoms with van der Waals surface area (Å²) >= 11 is 5.86. The van der Waals surface area contributed by atoms with Gasteiger partial charge < -0.3 is 14.7 Å². The van der Waals surface area contributed by atoms with Gasteiger partial charge in [0.1, 0.15) is 6.54 Å². The van der Waals surface area contributed by atoms with E-state index in [9.17, 15) is 4.79 Å². The molecule has 1 aromatic heterocycles. The molecule has 1 N–H and O–H groups in total. The van der Waals surface area contributed by atoms with Gasteiger partial charge in [-0.2, -0.15) is 4.98 Å². The zero-order valence-electron chi connectivity index (χ0n) is 14.6. The molecule has 26 heavy (non-hydrogen) atoms. The van der Waals surface area contributed by atoms with Gasteiger partial charge in [0, 0.05) is 22.8 Å². The number of rotatable bonds is 5. The lowest BCUT2D eigenvalue weighted by molar-refractivity contribution is 0.203. The van der Waals surface area contributed by atoms with Crippen molar-refractivity contribution in [3.05, 3.63) is 65.0 Å². The van der Waals surface area contributed by atoms with Gasteiger partial charge in [-0.15, -0.1) is 0 Å². The minimum atomic E-state index is -0.245. The molecule has 0 saturated heterocycles. The number of anilines is 1. The Balaban J connectivity index is 1.68. The van der Waals surface area contributed by atoms with Crippen molar-refractivity contribution in [3.8, 4) is 11.4 Å². The number of urea groups is 1. The van der Waals surface area contributed by atoms with Gasteiger partial charge in [-0.25, -0.2) is 4.79 Å². The Bertz CT molecular complexity index is 893. The molecule has 0 spiro atoms. The van der Waals surface area contributed by atoms with Crippen molar-refractivity contribution in [2.75, 3.05) is 11.9 Å². The Labute approximate surface area is 156 Å². The van der Waals surface area contributed by atoms with Crippen LogP contribution in [0, 0.1) is 6.92 Å². The summed E-state index contributed by atoms with van der Waals surface area (Å²) in [5.74, 6) is 0.896. The molecule has 3 rings (SSSR count). The normalized spacial score (nSPS) is 10.6. The van der Waals surface area contributed by atoms with E-state index in [4.69, 9.17) is 16.1 Å². The highest BCUT2D eigenvalue weighted by Crippen LogP contribution is 2.18. The third-order valence-electron chi connectivity index (χ3n) is 3.83. The van der Waals surface area contributed by atoms with Gasteiger partial charge in [-0.1, -0.05) is 40.5 Å². The highest BCUT2D eigenvalue weighted by atomic mass is 35.5. The number of nitrogens with zero attached hydrogens (tertiary/aromatic N) is 3. The maximum atomic E-state index is 12.4. The molecular formula is C19H19ClN4O2. The summed E-state index contributed by atoms with van der Waals surface area (Å²) in [5.41, 5.74) is 2.67. The molecule has 0 aliphatic heterocycles. The Kier molecular flexibility index (Phi) is 5.53. The van der Waals surface area contributed by atoms with E-state index in [2.05, 4.69) is 15.5 Å². The van der Waals surface area contributed by atoms with Crippen LogP contribution in [0.3, 0.4) is 0 Å². The molecule has 0 saturated carbocycles. The largest absolute Gasteiger partial charge is 0.337 e. The third-order valence-corrected chi connectivity index (χ3v) is 4.09. The van der Waals surface area contributed by atoms with Gasteiger partial charge in [-0.3, -0.25) is 0 Å². The molecule has 2 aromatic carbocycles. The molecule has 0 aliphatic carbocycles. The molecule has 2 amide bonds. The minimum absolute atomic E-state index is 0.231. The van der Waals surface area contributed by atoms with Crippen molar-refractivity contribution in [1.82, 2.24) is 15.0 Å². The monoisotopic (exact) mass is 370 g/mol. The Morgan fingerprint density at radius 2 is 2.00 bits per heavy atom. The van der Waals surface area contributed by atoms with E-state index >= 15 is 0 Å². The van der Waals surface area contributed by atoms with Crippen LogP contribution in [-0.4, -0.2) is 27.6 Å². The number of carbonyl (C=O) groups excluding carboxylic acids is 1. The van der Waals surface area contributed by atoms with Crippen LogP contribution in [-0.2, 0) is 6.54 Å². The van der Waals surface area contributed by atoms with Crippen molar-refractivity contribution < 1.29 is 9.32 Å². The number of hydrogen-bond acceptors (Lipinski definition) is 4. The number of aryl methyl sites for hydroxylation is 1. The molecule has 0 radical (unpaired) electrons. The molecule has 0 bridgehead atoms. The molecule has 0 aliphatic rings. The Morgan fingerprint density at radius 3 is 2.69 bits per heavy atom. The fraction of sp³-hybridized carbons (Fsp3) is 0.211. The standard InChI is InChI=1S/C19H19ClN4O2/c1-3-24(19(25)21-16-9-7-15(20)8-10-16)12-17-22-18(23-26-17)14-6-4-5-13(2)11-14/h4-11H,3,12H2,1-2H3,(H,21,25). The molecule has 0 unspecified atom stereocenters. The van der Waals surface area contributed by atoms with E-state index in [-0.39, 0.29) is 12.6 Å². The van der Waals surface area contributed by atoms with E-state index in [1.165, 1.54) is 0 Å². The van der Waals surface area contributed by atoms with Crippen LogP contribution in [0.1, 0.15) is 18.4 Å². The fourth-order valence-electron chi connectivity index (χ4n) is 2.45. The molecule has 0 fully saturated rings. The van der Waals surface area contributed by atoms with Crippen LogP contribution in [0.5, 0.6) is 0 Å². The second-order valence-electron chi connectivity index (χ2n) is 5.83. The summed E-state index contributed by atoms with van der Waals surface area (Å²) < 4.78 is 5.31. The van der Waals surface area contributed by atoms with Crippen LogP contribution >= 0.6 is 11.6 Å². The molecule has 1 heterocycles. The SMILES string of the molecule is CCN(Cc1nc(-c2cccc(C)c2)no1)C(=O)Nc1ccc(Cl)cc1. The topological polar surface area (TPSA) is 71.3 Å². The predicted octanol–water partition coefficient (Wildman–Crippen LogP) is 4.75. The van der Waals surface area contributed by atoms with Gasteiger partial charge in [-0.05, 0) is 44.2 Å². The number of benzene rings is 2. The van der Waals surface area contributed by atoms with Crippen LogP contribution in [0.25, 0.3) is 11.4 Å². The number of amides is 2. The number of nitrogens with one attached hydrogen (secondary N) is 1. The zero-order chi connectivity index (χ0) is 18.5. The van der Waals surface area contributed by atoms with Crippen molar-refractivity contribution in [1.29, 1.82) is 0 Å². The van der Waals surface area contributed by atoms with E-state index in [0.29, 0.717) is 29.0 Å². The van der Waals surface area contributed by atoms with E-state index < -0.39 is 0 Å². The van der Waals surface area contributed by atoms with E-state index in [1.807, 2.05) is 38.1 Å². The number of halogens is 1. The first-order valence-electron chi connectivity index (χ1n) is 8.26. The quantitative estimate of drug-likeness (QED) is 0.703. The first-order valence-corrected chi connectivity index (χ1v) is 8.64. The van der Waals surface area contributed by atoms with Gasteiger partial charge in [0.2, 0.25) is 11.7 Å². The summed E-state index contributed by atoms with van der Waals surface area (Å²) in [6.45, 7) is 4.63. The van der Waals surface area contributed by atoms with Crippen molar-refractivity contribution >= 4 is 23.3 Å². The van der Waals surface area contributed by atoms with E-state index in [1.54, 1.807) is 29.2 Å². The molecule has 6 nitrogen and oxygen atoms in total. The maximum Gasteiger partial charge on any atom is 0.322 e. The lowest BCUT2D eigenvalue weighted by Gasteiger charge is -2.19. The second-order valence-corrected chi connectivity index (χ2v) is 6.27. The number of carbonyl (C=O) groups is 1. The summed E-state index contributed by atoms with van der Waals surface area (Å²) in [5, 5.41) is 7.45. The average Bonchev–Trinajstić information content (AvgIpc) is 3.10. The van der Waals surface area contributed by atoms with Crippen molar-refractivity contribution in [2.45, 2.75) is 20.4 Å². The Morgan fingerprint density at radius 1 is 1.23 bits per heavy atom. The van der Waals surface area contributed by atoms with Crippen LogP contribution in [0.15, 0.2) is 53.1 Å². The predicted molar refractivity (Wildman–Crippen MR) is 101 cm³/mol. The zero-order valence-corrected chi connectivity index (χ0v) is 15.3. The fourth-order valence-corrected chi connectivity index (χ4v) is 2.57. The second kappa shape index (κ2) is 8.01. The van der Waals surface area contributed by atoms with E-state index in [0.717, 1.165) is 11.1 Å². The van der Waals surface area contributed by atoms with Gasteiger partial charge >= 0.3 is 6.03 Å². The number of hydrogen-bond donors (Lipinski definition) is 1. The molecule has 3 aromatic rings. The summed E-state index contributed by atoms with van der Waals surface area (Å²) in [6.07, 6.45) is 0. The summed E-state index contributed by atoms with van der Waals surface area (Å²) in [6, 6.07) is 14.5. The smallest absolute Gasteiger partial charge is 0.322 e. The lowest BCUT2D eigenvalue weighted by atomic mass is 10.1. The van der Waals surface area contributed by atoms with Gasteiger partial charge in [0.15, 0.2) is 0 Å². The minimum Gasteiger partial charge on any atom is -0.337 e. The molecule has 0 atom stereocenters. The average molecular weight is 371 g/mol. The van der Waals surface area contributed by atoms with Gasteiger partial charge in [0.05, 0.1) is 0 Å². The highest BCUT2D eigenvalue weighted by molar-refractivity contribution is 6.30. The first kappa shape index (κ1) is 17.9. The summed E-state index contributed by atoms with van der Waals surface area (Å²) in [4.78, 5) is 18.4. The maximum absolute atomic E-state index is 12.4. The third kappa shape index (κ3) is 4.40. The van der Waals surface area contributed by atoms with Gasteiger partial charge in [0.25, 0.3) is 0 Å². The highest BCUT2D eigenvalue weighted by Gasteiger charge is 2.17. The molecule has 134 valence electrons. The van der Waals surface area contributed by atoms with Crippen molar-refractivity contribution in [3.63, 3.8) is 0 Å². The molecular weight excluding hydrogens is 352 g/mol. The summed E-state index contributed by atoms with van der Waals surface area (Å²) in [7, 11) is 0. The Hall–Kier alpha value is -2.86. The van der Waals surface area contributed by atoms with Crippen LogP contribution in [0.4, 0.5) is 10.5 Å². The molecule has 7 heteroatoms. The van der Waals surface area contributed by atoms with Crippen LogP contribution < -0.4 is 5.32 Å². The first-order chi connectivity index (χ1) is 12.5. The lowest BCUT2D eigenvalue weighted by Crippen LogP contribution is -2.34. The van der Waals surface area contributed by atoms with Crippen molar-refractivity contribution in [2.24, 2.45) is 0 Å². The number of aromatic nitrogens is 2.